The first-order valence-corrected chi connectivity index (χ1v) is 14.4. The summed E-state index contributed by atoms with van der Waals surface area (Å²) in [6, 6.07) is 1.88. The molecule has 0 atom stereocenters. The highest BCUT2D eigenvalue weighted by Crippen LogP contribution is 2.37. The third kappa shape index (κ3) is 13.1. The summed E-state index contributed by atoms with van der Waals surface area (Å²) in [5.41, 5.74) is 1.14. The zero-order valence-electron chi connectivity index (χ0n) is 19.9. The van der Waals surface area contributed by atoms with E-state index >= 15 is 0 Å². The first-order valence-electron chi connectivity index (χ1n) is 10.3. The van der Waals surface area contributed by atoms with E-state index in [9.17, 15) is 9.59 Å². The molecule has 0 fully saturated rings. The van der Waals surface area contributed by atoms with Crippen LogP contribution in [-0.4, -0.2) is 64.1 Å². The van der Waals surface area contributed by atoms with Gasteiger partial charge in [-0.25, -0.2) is 9.59 Å². The van der Waals surface area contributed by atoms with Gasteiger partial charge in [0.15, 0.2) is 8.32 Å². The molecule has 0 aliphatic rings. The Balaban J connectivity index is 0. The van der Waals surface area contributed by atoms with Crippen LogP contribution in [0.5, 0.6) is 0 Å². The number of ether oxygens (including phenoxy) is 2. The Bertz CT molecular complexity index is 484. The minimum absolute atomic E-state index is 0.344. The van der Waals surface area contributed by atoms with Crippen LogP contribution in [0.2, 0.25) is 23.2 Å². The van der Waals surface area contributed by atoms with Crippen molar-refractivity contribution in [3.63, 3.8) is 0 Å². The topological polar surface area (TPSA) is 80.3 Å². The summed E-state index contributed by atoms with van der Waals surface area (Å²) >= 11 is 0. The molecule has 0 saturated heterocycles. The third-order valence-electron chi connectivity index (χ3n) is 4.98. The number of carbonyl (C=O) groups excluding carboxylic acids is 2. The molecular weight excluding hydrogens is 420 g/mol. The quantitative estimate of drug-likeness (QED) is 0.157. The SMILES string of the molecule is C=CC(=O)OCCC[SiH](OC)OC.C=CC(=O)OCCC[Si](OC)(C(C)C)C(C)C. The summed E-state index contributed by atoms with van der Waals surface area (Å²) in [5, 5.41) is 0. The second-order valence-electron chi connectivity index (χ2n) is 7.36. The fourth-order valence-electron chi connectivity index (χ4n) is 3.21. The van der Waals surface area contributed by atoms with Crippen molar-refractivity contribution in [2.45, 2.75) is 63.7 Å². The van der Waals surface area contributed by atoms with Crippen LogP contribution in [0.3, 0.4) is 0 Å². The number of hydrogen-bond donors (Lipinski definition) is 0. The van der Waals surface area contributed by atoms with Crippen LogP contribution >= 0.6 is 0 Å². The van der Waals surface area contributed by atoms with Crippen molar-refractivity contribution in [3.05, 3.63) is 25.3 Å². The largest absolute Gasteiger partial charge is 0.463 e. The molecule has 7 nitrogen and oxygen atoms in total. The van der Waals surface area contributed by atoms with Crippen LogP contribution in [-0.2, 0) is 32.3 Å². The maximum atomic E-state index is 10.9. The van der Waals surface area contributed by atoms with Crippen molar-refractivity contribution < 1.29 is 32.3 Å². The molecule has 0 aliphatic carbocycles. The van der Waals surface area contributed by atoms with Gasteiger partial charge < -0.3 is 22.8 Å². The van der Waals surface area contributed by atoms with Gasteiger partial charge in [-0.2, -0.15) is 0 Å². The smallest absolute Gasteiger partial charge is 0.330 e. The number of rotatable bonds is 15. The molecule has 0 N–H and O–H groups in total. The molecule has 0 unspecified atom stereocenters. The van der Waals surface area contributed by atoms with Gasteiger partial charge in [0, 0.05) is 33.5 Å². The first-order chi connectivity index (χ1) is 14.1. The highest BCUT2D eigenvalue weighted by atomic mass is 28.4. The zero-order chi connectivity index (χ0) is 23.6. The predicted molar refractivity (Wildman–Crippen MR) is 125 cm³/mol. The molecule has 0 rings (SSSR count). The van der Waals surface area contributed by atoms with Crippen LogP contribution in [0.1, 0.15) is 40.5 Å². The maximum absolute atomic E-state index is 10.9. The average molecular weight is 463 g/mol. The van der Waals surface area contributed by atoms with Crippen LogP contribution < -0.4 is 0 Å². The Labute approximate surface area is 185 Å². The highest BCUT2D eigenvalue weighted by Gasteiger charge is 2.40. The number of hydrogen-bond acceptors (Lipinski definition) is 7. The molecular formula is C21H42O7Si2. The van der Waals surface area contributed by atoms with E-state index < -0.39 is 17.6 Å². The highest BCUT2D eigenvalue weighted by molar-refractivity contribution is 6.76. The van der Waals surface area contributed by atoms with Gasteiger partial charge >= 0.3 is 21.2 Å². The lowest BCUT2D eigenvalue weighted by Gasteiger charge is -2.37. The lowest BCUT2D eigenvalue weighted by Crippen LogP contribution is -2.43. The molecule has 0 aromatic carbocycles. The van der Waals surface area contributed by atoms with Gasteiger partial charge in [-0.1, -0.05) is 40.9 Å². The standard InChI is InChI=1S/C13H26O3Si.C8H16O4Si/c1-7-13(14)16-9-8-10-17(15-6,11(2)3)12(4)5;1-4-8(9)12-6-5-7-13(10-2)11-3/h7,11-12H,1,8-10H2,2-6H3;4,13H,1,5-7H2,2-3H3. The van der Waals surface area contributed by atoms with Crippen LogP contribution in [0.4, 0.5) is 0 Å². The van der Waals surface area contributed by atoms with E-state index in [-0.39, 0.29) is 11.9 Å². The molecule has 0 spiro atoms. The molecule has 0 amide bonds. The average Bonchev–Trinajstić information content (AvgIpc) is 2.73. The summed E-state index contributed by atoms with van der Waals surface area (Å²) < 4.78 is 25.8. The van der Waals surface area contributed by atoms with Gasteiger partial charge in [0.05, 0.1) is 13.2 Å². The second kappa shape index (κ2) is 18.5. The van der Waals surface area contributed by atoms with Gasteiger partial charge in [-0.3, -0.25) is 0 Å². The van der Waals surface area contributed by atoms with Gasteiger partial charge in [-0.15, -0.1) is 0 Å². The maximum Gasteiger partial charge on any atom is 0.330 e. The van der Waals surface area contributed by atoms with E-state index in [0.29, 0.717) is 24.3 Å². The zero-order valence-corrected chi connectivity index (χ0v) is 22.1. The first kappa shape index (κ1) is 30.9. The minimum Gasteiger partial charge on any atom is -0.463 e. The second-order valence-corrected chi connectivity index (χ2v) is 14.9. The summed E-state index contributed by atoms with van der Waals surface area (Å²) in [4.78, 5) is 21.5. The Morgan fingerprint density at radius 3 is 1.63 bits per heavy atom. The monoisotopic (exact) mass is 462 g/mol. The molecule has 0 aliphatic heterocycles. The minimum atomic E-state index is -1.72. The van der Waals surface area contributed by atoms with Crippen LogP contribution in [0.15, 0.2) is 25.3 Å². The van der Waals surface area contributed by atoms with Gasteiger partial charge in [0.25, 0.3) is 0 Å². The van der Waals surface area contributed by atoms with Crippen molar-refractivity contribution in [1.29, 1.82) is 0 Å². The lowest BCUT2D eigenvalue weighted by molar-refractivity contribution is -0.138. The Hall–Kier alpha value is -1.27. The molecule has 9 heteroatoms. The number of carbonyl (C=O) groups is 2. The van der Waals surface area contributed by atoms with E-state index in [4.69, 9.17) is 22.8 Å². The molecule has 0 aromatic rings. The lowest BCUT2D eigenvalue weighted by atomic mass is 10.5. The van der Waals surface area contributed by atoms with Crippen molar-refractivity contribution >= 4 is 29.5 Å². The van der Waals surface area contributed by atoms with Gasteiger partial charge in [0.1, 0.15) is 0 Å². The molecule has 0 aromatic heterocycles. The van der Waals surface area contributed by atoms with Gasteiger partial charge in [-0.05, 0) is 36.0 Å². The molecule has 0 heterocycles. The predicted octanol–water partition coefficient (Wildman–Crippen LogP) is 4.14. The van der Waals surface area contributed by atoms with Crippen molar-refractivity contribution in [2.75, 3.05) is 34.5 Å². The Morgan fingerprint density at radius 2 is 1.30 bits per heavy atom. The summed E-state index contributed by atoms with van der Waals surface area (Å²) in [7, 11) is 1.89. The summed E-state index contributed by atoms with van der Waals surface area (Å²) in [5.74, 6) is -0.725. The van der Waals surface area contributed by atoms with E-state index in [0.717, 1.165) is 31.0 Å². The molecule has 176 valence electrons. The molecule has 0 saturated carbocycles. The summed E-state index contributed by atoms with van der Waals surface area (Å²) in [6.07, 6.45) is 4.00. The molecule has 30 heavy (non-hydrogen) atoms. The van der Waals surface area contributed by atoms with Crippen LogP contribution in [0.25, 0.3) is 0 Å². The summed E-state index contributed by atoms with van der Waals surface area (Å²) in [6.45, 7) is 16.4. The number of esters is 2. The Morgan fingerprint density at radius 1 is 0.867 bits per heavy atom. The van der Waals surface area contributed by atoms with E-state index in [2.05, 4.69) is 40.9 Å². The third-order valence-corrected chi connectivity index (χ3v) is 12.7. The molecule has 0 bridgehead atoms. The van der Waals surface area contributed by atoms with Gasteiger partial charge in [0.2, 0.25) is 0 Å². The van der Waals surface area contributed by atoms with Crippen molar-refractivity contribution in [1.82, 2.24) is 0 Å². The van der Waals surface area contributed by atoms with Crippen LogP contribution in [0, 0.1) is 0 Å². The fourth-order valence-corrected chi connectivity index (χ4v) is 8.71. The molecule has 0 radical (unpaired) electrons. The normalized spacial score (nSPS) is 11.1. The van der Waals surface area contributed by atoms with E-state index in [1.165, 1.54) is 6.08 Å². The van der Waals surface area contributed by atoms with E-state index in [1.807, 2.05) is 7.11 Å². The van der Waals surface area contributed by atoms with E-state index in [1.54, 1.807) is 14.2 Å². The fraction of sp³-hybridized carbons (Fsp3) is 0.714. The Kier molecular flexibility index (Phi) is 19.1. The van der Waals surface area contributed by atoms with Crippen molar-refractivity contribution in [3.8, 4) is 0 Å². The van der Waals surface area contributed by atoms with Crippen molar-refractivity contribution in [2.24, 2.45) is 0 Å².